The van der Waals surface area contributed by atoms with Gasteiger partial charge in [0.2, 0.25) is 0 Å². The van der Waals surface area contributed by atoms with Gasteiger partial charge in [0.1, 0.15) is 6.33 Å². The van der Waals surface area contributed by atoms with Crippen molar-refractivity contribution in [2.45, 2.75) is 0 Å². The maximum Gasteiger partial charge on any atom is 0.252 e. The molecule has 2 aromatic heterocycles. The molecular weight excluding hydrogens is 224 g/mol. The van der Waals surface area contributed by atoms with Gasteiger partial charge in [-0.25, -0.2) is 9.50 Å². The molecule has 2 heterocycles. The lowest BCUT2D eigenvalue weighted by Gasteiger charge is -2.01. The highest BCUT2D eigenvalue weighted by molar-refractivity contribution is 6.30. The van der Waals surface area contributed by atoms with Gasteiger partial charge in [-0.1, -0.05) is 23.7 Å². The Labute approximate surface area is 96.5 Å². The molecule has 0 saturated carbocycles. The molecule has 16 heavy (non-hydrogen) atoms. The molecule has 0 bridgehead atoms. The Morgan fingerprint density at radius 3 is 2.94 bits per heavy atom. The second-order valence-corrected chi connectivity index (χ2v) is 3.79. The number of aromatic nitrogens is 4. The number of nitrogens with zero attached hydrogens (tertiary/aromatic N) is 4. The molecule has 0 radical (unpaired) electrons. The van der Waals surface area contributed by atoms with Gasteiger partial charge in [0.15, 0.2) is 0 Å². The Hall–Kier alpha value is -1.94. The summed E-state index contributed by atoms with van der Waals surface area (Å²) in [7, 11) is 0. The molecule has 0 unspecified atom stereocenters. The topological polar surface area (TPSA) is 43.1 Å². The van der Waals surface area contributed by atoms with Gasteiger partial charge < -0.3 is 0 Å². The summed E-state index contributed by atoms with van der Waals surface area (Å²) in [6.07, 6.45) is 5.11. The second-order valence-electron chi connectivity index (χ2n) is 3.36. The number of rotatable bonds is 1. The van der Waals surface area contributed by atoms with Crippen LogP contribution < -0.4 is 0 Å². The zero-order chi connectivity index (χ0) is 11.0. The molecular formula is C11H7ClN4. The molecule has 0 spiro atoms. The van der Waals surface area contributed by atoms with Crippen molar-refractivity contribution < 1.29 is 0 Å². The predicted molar refractivity (Wildman–Crippen MR) is 61.2 cm³/mol. The lowest BCUT2D eigenvalue weighted by atomic mass is 10.1. The largest absolute Gasteiger partial charge is 0.252 e. The molecule has 78 valence electrons. The molecule has 5 heteroatoms. The molecule has 4 nitrogen and oxygen atoms in total. The second kappa shape index (κ2) is 3.57. The van der Waals surface area contributed by atoms with Crippen molar-refractivity contribution in [3.63, 3.8) is 0 Å². The van der Waals surface area contributed by atoms with Gasteiger partial charge in [-0.3, -0.25) is 0 Å². The summed E-state index contributed by atoms with van der Waals surface area (Å²) in [6.45, 7) is 0. The van der Waals surface area contributed by atoms with Gasteiger partial charge in [-0.2, -0.15) is 10.1 Å². The highest BCUT2D eigenvalue weighted by Gasteiger charge is 2.02. The molecule has 0 amide bonds. The van der Waals surface area contributed by atoms with E-state index in [1.165, 1.54) is 6.33 Å². The third kappa shape index (κ3) is 1.53. The SMILES string of the molecule is Clc1cccc(-c2cnc3ncnn3c2)c1. The average Bonchev–Trinajstić information content (AvgIpc) is 2.75. The van der Waals surface area contributed by atoms with Crippen LogP contribution in [0.3, 0.4) is 0 Å². The van der Waals surface area contributed by atoms with Gasteiger partial charge >= 0.3 is 0 Å². The Kier molecular flexibility index (Phi) is 2.08. The van der Waals surface area contributed by atoms with Crippen LogP contribution in [0.15, 0.2) is 43.0 Å². The first-order valence-corrected chi connectivity index (χ1v) is 5.12. The Morgan fingerprint density at radius 1 is 1.12 bits per heavy atom. The molecule has 0 aliphatic carbocycles. The maximum absolute atomic E-state index is 5.94. The predicted octanol–water partition coefficient (Wildman–Crippen LogP) is 2.44. The first-order valence-electron chi connectivity index (χ1n) is 4.74. The maximum atomic E-state index is 5.94. The number of halogens is 1. The van der Waals surface area contributed by atoms with Gasteiger partial charge in [-0.15, -0.1) is 0 Å². The summed E-state index contributed by atoms with van der Waals surface area (Å²) in [5.74, 6) is 0.589. The van der Waals surface area contributed by atoms with E-state index in [2.05, 4.69) is 15.1 Å². The highest BCUT2D eigenvalue weighted by atomic mass is 35.5. The molecule has 0 aliphatic rings. The van der Waals surface area contributed by atoms with Gasteiger partial charge in [0.05, 0.1) is 0 Å². The van der Waals surface area contributed by atoms with Crippen LogP contribution in [0.25, 0.3) is 16.9 Å². The van der Waals surface area contributed by atoms with Crippen molar-refractivity contribution >= 4 is 17.4 Å². The minimum absolute atomic E-state index is 0.589. The van der Waals surface area contributed by atoms with Gasteiger partial charge in [0.25, 0.3) is 5.78 Å². The minimum Gasteiger partial charge on any atom is -0.219 e. The van der Waals surface area contributed by atoms with Crippen molar-refractivity contribution in [1.29, 1.82) is 0 Å². The van der Waals surface area contributed by atoms with E-state index in [0.717, 1.165) is 11.1 Å². The zero-order valence-electron chi connectivity index (χ0n) is 8.21. The van der Waals surface area contributed by atoms with Crippen molar-refractivity contribution in [1.82, 2.24) is 19.6 Å². The molecule has 0 N–H and O–H groups in total. The number of fused-ring (bicyclic) bond motifs is 1. The number of hydrogen-bond donors (Lipinski definition) is 0. The fourth-order valence-corrected chi connectivity index (χ4v) is 1.73. The lowest BCUT2D eigenvalue weighted by molar-refractivity contribution is 0.941. The van der Waals surface area contributed by atoms with Crippen molar-refractivity contribution in [3.8, 4) is 11.1 Å². The summed E-state index contributed by atoms with van der Waals surface area (Å²) >= 11 is 5.94. The summed E-state index contributed by atoms with van der Waals surface area (Å²) in [4.78, 5) is 8.18. The summed E-state index contributed by atoms with van der Waals surface area (Å²) < 4.78 is 1.64. The van der Waals surface area contributed by atoms with Crippen LogP contribution in [0, 0.1) is 0 Å². The quantitative estimate of drug-likeness (QED) is 0.645. The van der Waals surface area contributed by atoms with E-state index in [4.69, 9.17) is 11.6 Å². The number of hydrogen-bond acceptors (Lipinski definition) is 3. The lowest BCUT2D eigenvalue weighted by Crippen LogP contribution is -1.91. The summed E-state index contributed by atoms with van der Waals surface area (Å²) in [5, 5.41) is 4.74. The van der Waals surface area contributed by atoms with Crippen molar-refractivity contribution in [3.05, 3.63) is 48.0 Å². The van der Waals surface area contributed by atoms with Crippen molar-refractivity contribution in [2.24, 2.45) is 0 Å². The third-order valence-corrected chi connectivity index (χ3v) is 2.53. The third-order valence-electron chi connectivity index (χ3n) is 2.29. The van der Waals surface area contributed by atoms with Crippen LogP contribution in [0.1, 0.15) is 0 Å². The average molecular weight is 231 g/mol. The van der Waals surface area contributed by atoms with Crippen LogP contribution in [-0.4, -0.2) is 19.6 Å². The summed E-state index contributed by atoms with van der Waals surface area (Å²) in [5.41, 5.74) is 1.97. The first kappa shape index (κ1) is 9.30. The van der Waals surface area contributed by atoms with E-state index in [1.54, 1.807) is 10.7 Å². The van der Waals surface area contributed by atoms with Gasteiger partial charge in [-0.05, 0) is 17.7 Å². The van der Waals surface area contributed by atoms with Crippen LogP contribution in [0.4, 0.5) is 0 Å². The zero-order valence-corrected chi connectivity index (χ0v) is 8.96. The Balaban J connectivity index is 2.18. The van der Waals surface area contributed by atoms with E-state index >= 15 is 0 Å². The van der Waals surface area contributed by atoms with Crippen LogP contribution in [-0.2, 0) is 0 Å². The van der Waals surface area contributed by atoms with E-state index < -0.39 is 0 Å². The monoisotopic (exact) mass is 230 g/mol. The molecule has 0 aliphatic heterocycles. The fraction of sp³-hybridized carbons (Fsp3) is 0. The smallest absolute Gasteiger partial charge is 0.219 e. The van der Waals surface area contributed by atoms with E-state index in [1.807, 2.05) is 30.5 Å². The Morgan fingerprint density at radius 2 is 2.06 bits per heavy atom. The van der Waals surface area contributed by atoms with Crippen LogP contribution >= 0.6 is 11.6 Å². The van der Waals surface area contributed by atoms with E-state index in [-0.39, 0.29) is 0 Å². The van der Waals surface area contributed by atoms with Crippen molar-refractivity contribution in [2.75, 3.05) is 0 Å². The van der Waals surface area contributed by atoms with Crippen LogP contribution in [0.2, 0.25) is 5.02 Å². The summed E-state index contributed by atoms with van der Waals surface area (Å²) in [6, 6.07) is 7.61. The first-order chi connectivity index (χ1) is 7.83. The molecule has 0 fully saturated rings. The van der Waals surface area contributed by atoms with E-state index in [0.29, 0.717) is 10.8 Å². The Bertz CT molecular complexity index is 647. The molecule has 3 rings (SSSR count). The van der Waals surface area contributed by atoms with Crippen LogP contribution in [0.5, 0.6) is 0 Å². The molecule has 0 saturated heterocycles. The molecule has 0 atom stereocenters. The molecule has 3 aromatic rings. The fourth-order valence-electron chi connectivity index (χ4n) is 1.54. The highest BCUT2D eigenvalue weighted by Crippen LogP contribution is 2.21. The van der Waals surface area contributed by atoms with E-state index in [9.17, 15) is 0 Å². The molecule has 1 aromatic carbocycles. The standard InChI is InChI=1S/C11H7ClN4/c12-10-3-1-2-8(4-10)9-5-13-11-14-7-15-16(11)6-9/h1-7H. The normalized spacial score (nSPS) is 10.8. The van der Waals surface area contributed by atoms with Gasteiger partial charge in [0, 0.05) is 23.0 Å². The minimum atomic E-state index is 0.589. The number of benzene rings is 1.